The first-order valence-corrected chi connectivity index (χ1v) is 8.24. The number of carboxylic acid groups (broad SMARTS) is 1. The molecular weight excluding hydrogens is 296 g/mol. The molecule has 0 amide bonds. The molecule has 1 saturated heterocycles. The molecule has 126 valence electrons. The quantitative estimate of drug-likeness (QED) is 0.891. The maximum Gasteiger partial charge on any atom is 0.309 e. The molecule has 2 N–H and O–H groups in total. The Kier molecular flexibility index (Phi) is 4.00. The van der Waals surface area contributed by atoms with Crippen molar-refractivity contribution in [3.05, 3.63) is 23.8 Å². The van der Waals surface area contributed by atoms with Gasteiger partial charge in [-0.15, -0.1) is 0 Å². The Labute approximate surface area is 136 Å². The molecule has 5 heteroatoms. The van der Waals surface area contributed by atoms with E-state index in [9.17, 15) is 15.0 Å². The molecule has 23 heavy (non-hydrogen) atoms. The van der Waals surface area contributed by atoms with Gasteiger partial charge in [0.05, 0.1) is 23.7 Å². The van der Waals surface area contributed by atoms with Gasteiger partial charge in [-0.1, -0.05) is 19.4 Å². The zero-order valence-corrected chi connectivity index (χ0v) is 13.8. The van der Waals surface area contributed by atoms with Gasteiger partial charge >= 0.3 is 5.97 Å². The first-order chi connectivity index (χ1) is 10.8. The van der Waals surface area contributed by atoms with E-state index in [1.807, 2.05) is 26.8 Å². The predicted molar refractivity (Wildman–Crippen MR) is 84.6 cm³/mol. The van der Waals surface area contributed by atoms with Gasteiger partial charge in [0.25, 0.3) is 0 Å². The van der Waals surface area contributed by atoms with Crippen molar-refractivity contribution in [2.75, 3.05) is 0 Å². The van der Waals surface area contributed by atoms with Crippen molar-refractivity contribution in [3.8, 4) is 11.5 Å². The summed E-state index contributed by atoms with van der Waals surface area (Å²) >= 11 is 0. The number of benzene rings is 1. The molecule has 4 atom stereocenters. The van der Waals surface area contributed by atoms with Gasteiger partial charge < -0.3 is 19.7 Å². The number of phenolic OH excluding ortho intramolecular Hbond substituents is 1. The number of ether oxygens (including phenoxy) is 2. The minimum atomic E-state index is -0.819. The highest BCUT2D eigenvalue weighted by Gasteiger charge is 2.52. The molecule has 3 rings (SSSR count). The predicted octanol–water partition coefficient (Wildman–Crippen LogP) is 3.51. The maximum absolute atomic E-state index is 11.7. The summed E-state index contributed by atoms with van der Waals surface area (Å²) in [7, 11) is 0. The number of carbonyl (C=O) groups is 1. The van der Waals surface area contributed by atoms with Crippen LogP contribution in [0.25, 0.3) is 0 Å². The summed E-state index contributed by atoms with van der Waals surface area (Å²) in [5.41, 5.74) is 0.109. The lowest BCUT2D eigenvalue weighted by Gasteiger charge is -2.50. The third-order valence-electron chi connectivity index (χ3n) is 5.13. The molecule has 1 aromatic carbocycles. The van der Waals surface area contributed by atoms with Crippen molar-refractivity contribution in [2.24, 2.45) is 11.8 Å². The molecule has 0 aromatic heterocycles. The fourth-order valence-electron chi connectivity index (χ4n) is 3.92. The van der Waals surface area contributed by atoms with Crippen LogP contribution in [0.15, 0.2) is 18.2 Å². The van der Waals surface area contributed by atoms with Crippen LogP contribution in [-0.4, -0.2) is 27.9 Å². The summed E-state index contributed by atoms with van der Waals surface area (Å²) in [5.74, 6) is -0.693. The first kappa shape index (κ1) is 16.1. The molecular formula is C18H24O5. The summed E-state index contributed by atoms with van der Waals surface area (Å²) in [6.45, 7) is 5.94. The highest BCUT2D eigenvalue weighted by Crippen LogP contribution is 2.54. The summed E-state index contributed by atoms with van der Waals surface area (Å²) in [6, 6.07) is 5.20. The van der Waals surface area contributed by atoms with Crippen molar-refractivity contribution < 1.29 is 24.5 Å². The van der Waals surface area contributed by atoms with Crippen LogP contribution in [0.1, 0.15) is 51.7 Å². The smallest absolute Gasteiger partial charge is 0.309 e. The number of hydrogen-bond acceptors (Lipinski definition) is 4. The number of aliphatic carboxylic acids is 1. The second-order valence-corrected chi connectivity index (χ2v) is 7.07. The summed E-state index contributed by atoms with van der Waals surface area (Å²) in [5, 5.41) is 19.9. The summed E-state index contributed by atoms with van der Waals surface area (Å²) in [4.78, 5) is 11.7. The SMILES string of the molecule is CCC[C@H]1O[C@H]2c3c(O)cccc3OC(C)(C)[C@@H]2C[C@H]1C(=O)O. The average Bonchev–Trinajstić information content (AvgIpc) is 2.46. The Morgan fingerprint density at radius 3 is 2.78 bits per heavy atom. The zero-order chi connectivity index (χ0) is 16.8. The van der Waals surface area contributed by atoms with E-state index in [1.54, 1.807) is 12.1 Å². The Morgan fingerprint density at radius 2 is 2.13 bits per heavy atom. The van der Waals surface area contributed by atoms with E-state index in [-0.39, 0.29) is 23.9 Å². The molecule has 0 radical (unpaired) electrons. The van der Waals surface area contributed by atoms with Crippen molar-refractivity contribution in [1.82, 2.24) is 0 Å². The van der Waals surface area contributed by atoms with Gasteiger partial charge in [0.15, 0.2) is 0 Å². The van der Waals surface area contributed by atoms with E-state index < -0.39 is 17.5 Å². The topological polar surface area (TPSA) is 76.0 Å². The van der Waals surface area contributed by atoms with Gasteiger partial charge in [0.2, 0.25) is 0 Å². The monoisotopic (exact) mass is 320 g/mol. The molecule has 0 unspecified atom stereocenters. The number of carboxylic acids is 1. The van der Waals surface area contributed by atoms with Crippen LogP contribution in [0.3, 0.4) is 0 Å². The second kappa shape index (κ2) is 5.71. The highest BCUT2D eigenvalue weighted by atomic mass is 16.5. The van der Waals surface area contributed by atoms with Crippen molar-refractivity contribution in [3.63, 3.8) is 0 Å². The van der Waals surface area contributed by atoms with Crippen molar-refractivity contribution in [1.29, 1.82) is 0 Å². The molecule has 1 fully saturated rings. The lowest BCUT2D eigenvalue weighted by molar-refractivity contribution is -0.188. The molecule has 5 nitrogen and oxygen atoms in total. The van der Waals surface area contributed by atoms with E-state index in [1.165, 1.54) is 0 Å². The number of rotatable bonds is 3. The van der Waals surface area contributed by atoms with Crippen LogP contribution >= 0.6 is 0 Å². The number of aromatic hydroxyl groups is 1. The molecule has 0 spiro atoms. The zero-order valence-electron chi connectivity index (χ0n) is 13.8. The minimum Gasteiger partial charge on any atom is -0.507 e. The maximum atomic E-state index is 11.7. The second-order valence-electron chi connectivity index (χ2n) is 7.07. The summed E-state index contributed by atoms with van der Waals surface area (Å²) < 4.78 is 12.3. The van der Waals surface area contributed by atoms with E-state index in [2.05, 4.69) is 0 Å². The molecule has 0 saturated carbocycles. The van der Waals surface area contributed by atoms with E-state index >= 15 is 0 Å². The van der Waals surface area contributed by atoms with Crippen LogP contribution in [-0.2, 0) is 9.53 Å². The number of phenols is 1. The highest BCUT2D eigenvalue weighted by molar-refractivity contribution is 5.71. The third-order valence-corrected chi connectivity index (χ3v) is 5.13. The Balaban J connectivity index is 2.03. The fraction of sp³-hybridized carbons (Fsp3) is 0.611. The molecule has 0 aliphatic carbocycles. The van der Waals surface area contributed by atoms with Crippen LogP contribution < -0.4 is 4.74 Å². The van der Waals surface area contributed by atoms with Gasteiger partial charge in [-0.3, -0.25) is 4.79 Å². The largest absolute Gasteiger partial charge is 0.507 e. The Bertz CT molecular complexity index is 609. The van der Waals surface area contributed by atoms with Crippen LogP contribution in [0.2, 0.25) is 0 Å². The summed E-state index contributed by atoms with van der Waals surface area (Å²) in [6.07, 6.45) is 1.39. The third kappa shape index (κ3) is 2.67. The molecule has 2 aliphatic rings. The van der Waals surface area contributed by atoms with Gasteiger partial charge in [-0.05, 0) is 38.8 Å². The normalized spacial score (nSPS) is 31.6. The van der Waals surface area contributed by atoms with Crippen molar-refractivity contribution >= 4 is 5.97 Å². The number of hydrogen-bond donors (Lipinski definition) is 2. The first-order valence-electron chi connectivity index (χ1n) is 8.24. The molecule has 2 heterocycles. The lowest BCUT2D eigenvalue weighted by Crippen LogP contribution is -2.52. The molecule has 1 aromatic rings. The van der Waals surface area contributed by atoms with E-state index in [0.29, 0.717) is 24.2 Å². The number of fused-ring (bicyclic) bond motifs is 3. The van der Waals surface area contributed by atoms with Gasteiger partial charge in [0.1, 0.15) is 17.1 Å². The van der Waals surface area contributed by atoms with Crippen LogP contribution in [0.4, 0.5) is 0 Å². The van der Waals surface area contributed by atoms with Crippen LogP contribution in [0, 0.1) is 11.8 Å². The fourth-order valence-corrected chi connectivity index (χ4v) is 3.92. The Morgan fingerprint density at radius 1 is 1.39 bits per heavy atom. The molecule has 0 bridgehead atoms. The Hall–Kier alpha value is -1.75. The van der Waals surface area contributed by atoms with Gasteiger partial charge in [-0.25, -0.2) is 0 Å². The van der Waals surface area contributed by atoms with Gasteiger partial charge in [0, 0.05) is 5.92 Å². The minimum absolute atomic E-state index is 0.113. The van der Waals surface area contributed by atoms with Crippen LogP contribution in [0.5, 0.6) is 11.5 Å². The van der Waals surface area contributed by atoms with E-state index in [4.69, 9.17) is 9.47 Å². The molecule has 2 aliphatic heterocycles. The average molecular weight is 320 g/mol. The van der Waals surface area contributed by atoms with Crippen molar-refractivity contribution in [2.45, 2.75) is 57.8 Å². The lowest BCUT2D eigenvalue weighted by atomic mass is 9.71. The van der Waals surface area contributed by atoms with E-state index in [0.717, 1.165) is 6.42 Å². The standard InChI is InChI=1S/C18H24O5/c1-4-6-13-10(17(20)21)9-11-16(22-13)15-12(19)7-5-8-14(15)23-18(11,2)3/h5,7-8,10-11,13,16,19H,4,6,9H2,1-3H3,(H,20,21)/t10-,11-,13-,16-/m1/s1. The van der Waals surface area contributed by atoms with Gasteiger partial charge in [-0.2, -0.15) is 0 Å².